The molecule has 0 radical (unpaired) electrons. The average molecular weight is 492 g/mol. The van der Waals surface area contributed by atoms with Gasteiger partial charge in [0.15, 0.2) is 0 Å². The summed E-state index contributed by atoms with van der Waals surface area (Å²) in [4.78, 5) is 28.7. The van der Waals surface area contributed by atoms with E-state index in [9.17, 15) is 14.7 Å². The number of carbonyl (C=O) groups excluding carboxylic acids is 1. The van der Waals surface area contributed by atoms with Crippen molar-refractivity contribution in [1.29, 1.82) is 0 Å². The van der Waals surface area contributed by atoms with E-state index in [0.717, 1.165) is 35.5 Å². The Morgan fingerprint density at radius 1 is 1.18 bits per heavy atom. The zero-order valence-electron chi connectivity index (χ0n) is 22.3. The van der Waals surface area contributed by atoms with Crippen LogP contribution in [-0.4, -0.2) is 33.1 Å². The first-order chi connectivity index (χ1) is 15.8. The van der Waals surface area contributed by atoms with E-state index in [1.807, 2.05) is 59.1 Å². The molecule has 0 aliphatic carbocycles. The van der Waals surface area contributed by atoms with Crippen LogP contribution in [0.2, 0.25) is 0 Å². The number of thiazole rings is 1. The number of aryl methyl sites for hydroxylation is 1. The van der Waals surface area contributed by atoms with E-state index in [2.05, 4.69) is 24.9 Å². The second kappa shape index (κ2) is 13.9. The number of hydrogen-bond donors (Lipinski definition) is 2. The van der Waals surface area contributed by atoms with Crippen molar-refractivity contribution in [3.63, 3.8) is 0 Å². The average Bonchev–Trinajstić information content (AvgIpc) is 3.17. The molecule has 0 aliphatic rings. The number of rotatable bonds is 15. The van der Waals surface area contributed by atoms with E-state index >= 15 is 0 Å². The second-order valence-electron chi connectivity index (χ2n) is 10.5. The van der Waals surface area contributed by atoms with Gasteiger partial charge in [-0.15, -0.1) is 11.3 Å². The largest absolute Gasteiger partial charge is 0.481 e. The number of ketones is 1. The molecule has 192 valence electrons. The van der Waals surface area contributed by atoms with Gasteiger partial charge in [0, 0.05) is 23.1 Å². The Balaban J connectivity index is 2.45. The lowest BCUT2D eigenvalue weighted by Crippen LogP contribution is -2.39. The van der Waals surface area contributed by atoms with Crippen LogP contribution in [0.25, 0.3) is 6.08 Å². The summed E-state index contributed by atoms with van der Waals surface area (Å²) in [6.45, 7) is 15.8. The molecule has 1 aromatic heterocycles. The van der Waals surface area contributed by atoms with Gasteiger partial charge < -0.3 is 10.2 Å². The summed E-state index contributed by atoms with van der Waals surface area (Å²) in [7, 11) is 0. The maximum atomic E-state index is 13.1. The number of nitrogens with zero attached hydrogens (tertiary/aromatic N) is 1. The molecule has 0 aliphatic heterocycles. The van der Waals surface area contributed by atoms with Crippen molar-refractivity contribution < 1.29 is 19.8 Å². The summed E-state index contributed by atoms with van der Waals surface area (Å²) in [6, 6.07) is 0. The van der Waals surface area contributed by atoms with Crippen molar-refractivity contribution >= 4 is 29.2 Å². The third-order valence-electron chi connectivity index (χ3n) is 7.54. The molecule has 1 heterocycles. The van der Waals surface area contributed by atoms with Crippen LogP contribution in [0.5, 0.6) is 0 Å². The van der Waals surface area contributed by atoms with Crippen LogP contribution < -0.4 is 0 Å². The van der Waals surface area contributed by atoms with Crippen molar-refractivity contribution in [2.75, 3.05) is 0 Å². The number of aliphatic carboxylic acids is 1. The standard InChI is InChI=1S/C28H45NO4S/c1-18(21(4)22(5)27(33)28(7,8)20(3)16-26(31)32)13-11-9-10-12-14-25(30)19(2)15-24-17-34-23(6)29-24/h10,12,15,17-18,20-22,25,30H,9,11,13-14,16H2,1-8H3,(H,31,32)/b12-10-,19-15+/t18-,20-,21-,22+,25-/m0/s1. The van der Waals surface area contributed by atoms with Gasteiger partial charge in [-0.2, -0.15) is 0 Å². The monoisotopic (exact) mass is 491 g/mol. The van der Waals surface area contributed by atoms with Crippen molar-refractivity contribution in [1.82, 2.24) is 4.98 Å². The number of carbonyl (C=O) groups is 2. The van der Waals surface area contributed by atoms with E-state index in [0.29, 0.717) is 12.3 Å². The predicted molar refractivity (Wildman–Crippen MR) is 142 cm³/mol. The van der Waals surface area contributed by atoms with Gasteiger partial charge in [-0.1, -0.05) is 60.1 Å². The highest BCUT2D eigenvalue weighted by atomic mass is 32.1. The molecular weight excluding hydrogens is 446 g/mol. The first-order valence-electron chi connectivity index (χ1n) is 12.5. The van der Waals surface area contributed by atoms with Crippen molar-refractivity contribution in [3.05, 3.63) is 33.8 Å². The van der Waals surface area contributed by atoms with Gasteiger partial charge in [-0.3, -0.25) is 9.59 Å². The molecule has 0 amide bonds. The van der Waals surface area contributed by atoms with E-state index in [4.69, 9.17) is 5.11 Å². The molecule has 1 rings (SSSR count). The maximum Gasteiger partial charge on any atom is 0.303 e. The number of carboxylic acid groups (broad SMARTS) is 1. The zero-order valence-corrected chi connectivity index (χ0v) is 23.1. The summed E-state index contributed by atoms with van der Waals surface area (Å²) < 4.78 is 0. The molecule has 2 N–H and O–H groups in total. The molecule has 0 fully saturated rings. The molecule has 0 spiro atoms. The van der Waals surface area contributed by atoms with Crippen LogP contribution in [0, 0.1) is 36.0 Å². The molecule has 34 heavy (non-hydrogen) atoms. The summed E-state index contributed by atoms with van der Waals surface area (Å²) in [5.74, 6) is -0.378. The third-order valence-corrected chi connectivity index (χ3v) is 8.33. The van der Waals surface area contributed by atoms with Crippen LogP contribution in [0.15, 0.2) is 23.1 Å². The molecule has 0 aromatic carbocycles. The number of hydrogen-bond acceptors (Lipinski definition) is 5. The van der Waals surface area contributed by atoms with E-state index in [1.165, 1.54) is 0 Å². The number of allylic oxidation sites excluding steroid dienone is 1. The highest BCUT2D eigenvalue weighted by Gasteiger charge is 2.39. The lowest BCUT2D eigenvalue weighted by molar-refractivity contribution is -0.141. The molecule has 6 heteroatoms. The van der Waals surface area contributed by atoms with Crippen molar-refractivity contribution in [2.45, 2.75) is 93.6 Å². The van der Waals surface area contributed by atoms with E-state index in [1.54, 1.807) is 11.3 Å². The number of aromatic nitrogens is 1. The smallest absolute Gasteiger partial charge is 0.303 e. The Morgan fingerprint density at radius 3 is 2.38 bits per heavy atom. The lowest BCUT2D eigenvalue weighted by Gasteiger charge is -2.35. The second-order valence-corrected chi connectivity index (χ2v) is 11.6. The lowest BCUT2D eigenvalue weighted by atomic mass is 9.67. The molecule has 0 saturated heterocycles. The van der Waals surface area contributed by atoms with Crippen molar-refractivity contribution in [3.8, 4) is 0 Å². The molecule has 0 bridgehead atoms. The number of aliphatic hydroxyl groups is 1. The van der Waals surface area contributed by atoms with Gasteiger partial charge in [0.2, 0.25) is 0 Å². The number of aliphatic hydroxyl groups excluding tert-OH is 1. The van der Waals surface area contributed by atoms with Crippen LogP contribution in [-0.2, 0) is 9.59 Å². The fourth-order valence-corrected chi connectivity index (χ4v) is 4.77. The number of unbranched alkanes of at least 4 members (excludes halogenated alkanes) is 1. The fraction of sp³-hybridized carbons (Fsp3) is 0.679. The molecular formula is C28H45NO4S. The number of Topliss-reactive ketones (excluding diaryl/α,β-unsaturated/α-hetero) is 1. The van der Waals surface area contributed by atoms with Gasteiger partial charge in [0.25, 0.3) is 0 Å². The molecule has 5 nitrogen and oxygen atoms in total. The quantitative estimate of drug-likeness (QED) is 0.205. The van der Waals surface area contributed by atoms with Gasteiger partial charge in [-0.05, 0) is 62.5 Å². The van der Waals surface area contributed by atoms with Crippen LogP contribution in [0.4, 0.5) is 0 Å². The first kappa shape index (κ1) is 30.2. The summed E-state index contributed by atoms with van der Waals surface area (Å²) in [6.07, 6.45) is 9.22. The van der Waals surface area contributed by atoms with Gasteiger partial charge in [-0.25, -0.2) is 4.98 Å². The number of carboxylic acids is 1. The predicted octanol–water partition coefficient (Wildman–Crippen LogP) is 6.95. The minimum absolute atomic E-state index is 0.0102. The van der Waals surface area contributed by atoms with Crippen LogP contribution in [0.1, 0.15) is 91.3 Å². The van der Waals surface area contributed by atoms with Gasteiger partial charge >= 0.3 is 5.97 Å². The fourth-order valence-electron chi connectivity index (χ4n) is 4.20. The maximum absolute atomic E-state index is 13.1. The zero-order chi connectivity index (χ0) is 26.1. The summed E-state index contributed by atoms with van der Waals surface area (Å²) in [5, 5.41) is 22.5. The van der Waals surface area contributed by atoms with Crippen LogP contribution in [0.3, 0.4) is 0 Å². The topological polar surface area (TPSA) is 87.5 Å². The first-order valence-corrected chi connectivity index (χ1v) is 13.3. The Morgan fingerprint density at radius 2 is 1.82 bits per heavy atom. The normalized spacial score (nSPS) is 17.4. The molecule has 0 saturated carbocycles. The van der Waals surface area contributed by atoms with E-state index < -0.39 is 17.5 Å². The molecule has 1 aromatic rings. The molecule has 5 atom stereocenters. The highest BCUT2D eigenvalue weighted by molar-refractivity contribution is 7.09. The highest BCUT2D eigenvalue weighted by Crippen LogP contribution is 2.37. The Labute approximate surface area is 210 Å². The van der Waals surface area contributed by atoms with Gasteiger partial charge in [0.1, 0.15) is 5.78 Å². The Kier molecular flexibility index (Phi) is 12.4. The summed E-state index contributed by atoms with van der Waals surface area (Å²) in [5.41, 5.74) is 1.16. The molecule has 0 unspecified atom stereocenters. The van der Waals surface area contributed by atoms with E-state index in [-0.39, 0.29) is 30.0 Å². The third kappa shape index (κ3) is 9.46. The minimum atomic E-state index is -0.858. The Bertz CT molecular complexity index is 854. The Hall–Kier alpha value is -1.79. The summed E-state index contributed by atoms with van der Waals surface area (Å²) >= 11 is 1.61. The van der Waals surface area contributed by atoms with Crippen LogP contribution >= 0.6 is 11.3 Å². The van der Waals surface area contributed by atoms with Gasteiger partial charge in [0.05, 0.1) is 16.8 Å². The van der Waals surface area contributed by atoms with Crippen molar-refractivity contribution in [2.24, 2.45) is 29.1 Å². The minimum Gasteiger partial charge on any atom is -0.481 e. The SMILES string of the molecule is C/C(=C\c1csc(C)n1)[C@@H](O)C/C=C\CCC[C@H](C)[C@H](C)[C@@H](C)C(=O)C(C)(C)[C@@H](C)CC(=O)O.